The molecule has 0 bridgehead atoms. The summed E-state index contributed by atoms with van der Waals surface area (Å²) < 4.78 is 0. The highest BCUT2D eigenvalue weighted by Crippen LogP contribution is 2.10. The second kappa shape index (κ2) is 9.42. The molecule has 1 aromatic carbocycles. The minimum Gasteiger partial charge on any atom is -0.343 e. The van der Waals surface area contributed by atoms with E-state index in [1.807, 2.05) is 43.2 Å². The van der Waals surface area contributed by atoms with Crippen LogP contribution in [0.25, 0.3) is 0 Å². The summed E-state index contributed by atoms with van der Waals surface area (Å²) in [4.78, 5) is 33.6. The lowest BCUT2D eigenvalue weighted by atomic mass is 10.1. The van der Waals surface area contributed by atoms with Gasteiger partial charge in [-0.05, 0) is 38.5 Å². The molecule has 25 heavy (non-hydrogen) atoms. The maximum absolute atomic E-state index is 12.5. The predicted octanol–water partition coefficient (Wildman–Crippen LogP) is 2.82. The zero-order valence-electron chi connectivity index (χ0n) is 15.0. The number of nitrogens with zero attached hydrogens (tertiary/aromatic N) is 2. The molecule has 6 heteroatoms. The van der Waals surface area contributed by atoms with E-state index in [1.54, 1.807) is 0 Å². The van der Waals surface area contributed by atoms with Crippen LogP contribution in [0.5, 0.6) is 0 Å². The Labute approximate surface area is 152 Å². The highest BCUT2D eigenvalue weighted by molar-refractivity contribution is 7.98. The van der Waals surface area contributed by atoms with Crippen LogP contribution in [0.4, 0.5) is 0 Å². The molecule has 1 aromatic heterocycles. The van der Waals surface area contributed by atoms with E-state index in [4.69, 9.17) is 0 Å². The Hall–Kier alpha value is -2.08. The Bertz CT molecular complexity index is 759. The van der Waals surface area contributed by atoms with Gasteiger partial charge < -0.3 is 9.88 Å². The molecule has 1 N–H and O–H groups in total. The van der Waals surface area contributed by atoms with Gasteiger partial charge in [0.2, 0.25) is 5.91 Å². The Kier molecular flexibility index (Phi) is 7.25. The number of aromatic amines is 1. The number of benzene rings is 1. The smallest absolute Gasteiger partial charge is 0.254 e. The maximum Gasteiger partial charge on any atom is 0.254 e. The quantitative estimate of drug-likeness (QED) is 0.581. The first-order chi connectivity index (χ1) is 12.0. The van der Waals surface area contributed by atoms with Gasteiger partial charge in [0.05, 0.1) is 0 Å². The van der Waals surface area contributed by atoms with Gasteiger partial charge in [-0.15, -0.1) is 0 Å². The molecule has 0 unspecified atom stereocenters. The maximum atomic E-state index is 12.5. The Morgan fingerprint density at radius 3 is 2.56 bits per heavy atom. The van der Waals surface area contributed by atoms with Crippen molar-refractivity contribution in [3.05, 3.63) is 57.5 Å². The van der Waals surface area contributed by atoms with Crippen molar-refractivity contribution in [2.45, 2.75) is 38.3 Å². The fraction of sp³-hybridized carbons (Fsp3) is 0.421. The van der Waals surface area contributed by atoms with Gasteiger partial charge in [0, 0.05) is 30.8 Å². The molecule has 2 rings (SSSR count). The number of carbonyl (C=O) groups is 1. The monoisotopic (exact) mass is 359 g/mol. The molecule has 1 heterocycles. The van der Waals surface area contributed by atoms with Gasteiger partial charge in [0.15, 0.2) is 5.16 Å². The lowest BCUT2D eigenvalue weighted by Gasteiger charge is -2.21. The minimum atomic E-state index is -0.142. The normalized spacial score (nSPS) is 10.7. The molecule has 0 aliphatic rings. The van der Waals surface area contributed by atoms with Crippen molar-refractivity contribution in [3.63, 3.8) is 0 Å². The van der Waals surface area contributed by atoms with Crippen LogP contribution < -0.4 is 5.56 Å². The summed E-state index contributed by atoms with van der Waals surface area (Å²) >= 11 is 1.40. The molecule has 2 aromatic rings. The van der Waals surface area contributed by atoms with Crippen LogP contribution in [0.3, 0.4) is 0 Å². The van der Waals surface area contributed by atoms with E-state index in [-0.39, 0.29) is 11.5 Å². The molecule has 134 valence electrons. The number of rotatable bonds is 8. The fourth-order valence-electron chi connectivity index (χ4n) is 2.73. The molecular formula is C19H25N3O2S. The van der Waals surface area contributed by atoms with Crippen LogP contribution in [0, 0.1) is 6.92 Å². The molecular weight excluding hydrogens is 334 g/mol. The summed E-state index contributed by atoms with van der Waals surface area (Å²) in [5.74, 6) is 0.0752. The number of hydrogen-bond acceptors (Lipinski definition) is 4. The third-order valence-corrected chi connectivity index (χ3v) is 4.81. The average molecular weight is 359 g/mol. The number of likely N-dealkylation sites (N-methyl/N-ethyl adjacent to an activating group) is 1. The molecule has 1 amide bonds. The van der Waals surface area contributed by atoms with Crippen LogP contribution in [0.1, 0.15) is 30.2 Å². The average Bonchev–Trinajstić information content (AvgIpc) is 2.62. The molecule has 0 aliphatic heterocycles. The van der Waals surface area contributed by atoms with E-state index in [0.29, 0.717) is 42.3 Å². The number of thioether (sulfide) groups is 1. The van der Waals surface area contributed by atoms with Crippen molar-refractivity contribution >= 4 is 17.7 Å². The van der Waals surface area contributed by atoms with Crippen molar-refractivity contribution in [2.24, 2.45) is 0 Å². The summed E-state index contributed by atoms with van der Waals surface area (Å²) in [7, 11) is 0. The molecule has 0 radical (unpaired) electrons. The van der Waals surface area contributed by atoms with Crippen molar-refractivity contribution in [1.29, 1.82) is 0 Å². The van der Waals surface area contributed by atoms with E-state index in [0.717, 1.165) is 6.42 Å². The number of amides is 1. The minimum absolute atomic E-state index is 0.0752. The van der Waals surface area contributed by atoms with Crippen molar-refractivity contribution in [3.8, 4) is 0 Å². The summed E-state index contributed by atoms with van der Waals surface area (Å²) in [5.41, 5.74) is 2.38. The van der Waals surface area contributed by atoms with Crippen molar-refractivity contribution in [2.75, 3.05) is 19.3 Å². The van der Waals surface area contributed by atoms with Crippen LogP contribution in [-0.4, -0.2) is 40.1 Å². The fourth-order valence-corrected chi connectivity index (χ4v) is 3.16. The zero-order chi connectivity index (χ0) is 18.2. The van der Waals surface area contributed by atoms with Gasteiger partial charge in [-0.3, -0.25) is 9.59 Å². The summed E-state index contributed by atoms with van der Waals surface area (Å²) in [6.45, 7) is 5.17. The Morgan fingerprint density at radius 2 is 1.96 bits per heavy atom. The molecule has 0 fully saturated rings. The number of nitrogens with one attached hydrogen (secondary N) is 1. The molecule has 5 nitrogen and oxygen atoms in total. The van der Waals surface area contributed by atoms with Crippen LogP contribution in [0.2, 0.25) is 0 Å². The first-order valence-corrected chi connectivity index (χ1v) is 9.73. The van der Waals surface area contributed by atoms with E-state index in [1.165, 1.54) is 17.3 Å². The number of H-pyrrole nitrogens is 1. The third-order valence-electron chi connectivity index (χ3n) is 4.23. The van der Waals surface area contributed by atoms with Gasteiger partial charge >= 0.3 is 0 Å². The zero-order valence-corrected chi connectivity index (χ0v) is 15.9. The third kappa shape index (κ3) is 5.46. The Balaban J connectivity index is 1.95. The molecule has 0 saturated heterocycles. The van der Waals surface area contributed by atoms with Gasteiger partial charge in [0.25, 0.3) is 5.56 Å². The molecule has 0 atom stereocenters. The van der Waals surface area contributed by atoms with E-state index in [9.17, 15) is 9.59 Å². The van der Waals surface area contributed by atoms with E-state index >= 15 is 0 Å². The SMILES string of the molecule is CCN(CCc1ccccc1)C(=O)CCc1c(C)nc(SC)[nH]c1=O. The van der Waals surface area contributed by atoms with Crippen LogP contribution in [-0.2, 0) is 17.6 Å². The standard InChI is InChI=1S/C19H25N3O2S/c1-4-22(13-12-15-8-6-5-7-9-15)17(23)11-10-16-14(2)20-19(25-3)21-18(16)24/h5-9H,4,10-13H2,1-3H3,(H,20,21,24). The summed E-state index contributed by atoms with van der Waals surface area (Å²) in [6, 6.07) is 10.1. The molecule has 0 spiro atoms. The summed E-state index contributed by atoms with van der Waals surface area (Å²) in [5, 5.41) is 0.607. The predicted molar refractivity (Wildman–Crippen MR) is 102 cm³/mol. The second-order valence-electron chi connectivity index (χ2n) is 5.85. The second-order valence-corrected chi connectivity index (χ2v) is 6.64. The highest BCUT2D eigenvalue weighted by Gasteiger charge is 2.14. The van der Waals surface area contributed by atoms with Crippen molar-refractivity contribution < 1.29 is 4.79 Å². The first-order valence-electron chi connectivity index (χ1n) is 8.50. The topological polar surface area (TPSA) is 66.1 Å². The van der Waals surface area contributed by atoms with Crippen LogP contribution >= 0.6 is 11.8 Å². The lowest BCUT2D eigenvalue weighted by molar-refractivity contribution is -0.130. The van der Waals surface area contributed by atoms with Crippen LogP contribution in [0.15, 0.2) is 40.3 Å². The van der Waals surface area contributed by atoms with E-state index < -0.39 is 0 Å². The number of carbonyl (C=O) groups excluding carboxylic acids is 1. The first kappa shape index (κ1) is 19.2. The largest absolute Gasteiger partial charge is 0.343 e. The summed E-state index contributed by atoms with van der Waals surface area (Å²) in [6.07, 6.45) is 3.45. The highest BCUT2D eigenvalue weighted by atomic mass is 32.2. The molecule has 0 saturated carbocycles. The van der Waals surface area contributed by atoms with Gasteiger partial charge in [-0.2, -0.15) is 0 Å². The Morgan fingerprint density at radius 1 is 1.24 bits per heavy atom. The van der Waals surface area contributed by atoms with Gasteiger partial charge in [-0.25, -0.2) is 4.98 Å². The van der Waals surface area contributed by atoms with E-state index in [2.05, 4.69) is 22.1 Å². The number of aryl methyl sites for hydroxylation is 1. The van der Waals surface area contributed by atoms with Gasteiger partial charge in [0.1, 0.15) is 0 Å². The molecule has 0 aliphatic carbocycles. The van der Waals surface area contributed by atoms with Crippen molar-refractivity contribution in [1.82, 2.24) is 14.9 Å². The number of aromatic nitrogens is 2. The van der Waals surface area contributed by atoms with Gasteiger partial charge in [-0.1, -0.05) is 42.1 Å². The lowest BCUT2D eigenvalue weighted by Crippen LogP contribution is -2.33. The number of hydrogen-bond donors (Lipinski definition) is 1.